The van der Waals surface area contributed by atoms with Crippen LogP contribution in [0.1, 0.15) is 22.4 Å². The van der Waals surface area contributed by atoms with Gasteiger partial charge in [-0.2, -0.15) is 0 Å². The van der Waals surface area contributed by atoms with Gasteiger partial charge in [0.2, 0.25) is 0 Å². The second-order valence-electron chi connectivity index (χ2n) is 5.71. The van der Waals surface area contributed by atoms with Gasteiger partial charge in [0.1, 0.15) is 11.7 Å². The fourth-order valence-electron chi connectivity index (χ4n) is 2.85. The largest absolute Gasteiger partial charge is 0.451 e. The SMILES string of the molecule is O=C(c1cc(=O)c2ccccc2o1)N1CCOC(c2cnccn2)C1. The Hall–Kier alpha value is -3.06. The van der Waals surface area contributed by atoms with Crippen LogP contribution in [0, 0.1) is 0 Å². The van der Waals surface area contributed by atoms with Crippen LogP contribution >= 0.6 is 0 Å². The highest BCUT2D eigenvalue weighted by atomic mass is 16.5. The topological polar surface area (TPSA) is 85.5 Å². The molecule has 1 amide bonds. The maximum atomic E-state index is 12.8. The van der Waals surface area contributed by atoms with Crippen LogP contribution in [0.4, 0.5) is 0 Å². The average molecular weight is 337 g/mol. The van der Waals surface area contributed by atoms with Gasteiger partial charge >= 0.3 is 0 Å². The Morgan fingerprint density at radius 2 is 2.12 bits per heavy atom. The molecule has 0 radical (unpaired) electrons. The number of hydrogen-bond donors (Lipinski definition) is 0. The highest BCUT2D eigenvalue weighted by Gasteiger charge is 2.28. The first-order chi connectivity index (χ1) is 12.2. The van der Waals surface area contributed by atoms with Gasteiger partial charge in [-0.3, -0.25) is 19.6 Å². The van der Waals surface area contributed by atoms with Crippen LogP contribution in [0.2, 0.25) is 0 Å². The Labute approximate surface area is 142 Å². The third-order valence-corrected chi connectivity index (χ3v) is 4.11. The van der Waals surface area contributed by atoms with E-state index < -0.39 is 0 Å². The predicted octanol–water partition coefficient (Wildman–Crippen LogP) is 1.80. The maximum Gasteiger partial charge on any atom is 0.289 e. The van der Waals surface area contributed by atoms with E-state index in [1.165, 1.54) is 6.07 Å². The summed E-state index contributed by atoms with van der Waals surface area (Å²) in [5.41, 5.74) is 0.834. The van der Waals surface area contributed by atoms with Crippen LogP contribution in [0.25, 0.3) is 11.0 Å². The van der Waals surface area contributed by atoms with Gasteiger partial charge in [0.25, 0.3) is 5.91 Å². The molecule has 1 aliphatic heterocycles. The van der Waals surface area contributed by atoms with E-state index in [1.54, 1.807) is 47.8 Å². The summed E-state index contributed by atoms with van der Waals surface area (Å²) in [6, 6.07) is 8.12. The molecule has 1 atom stereocenters. The van der Waals surface area contributed by atoms with Gasteiger partial charge in [-0.1, -0.05) is 12.1 Å². The molecule has 1 fully saturated rings. The Bertz CT molecular complexity index is 971. The second kappa shape index (κ2) is 6.45. The maximum absolute atomic E-state index is 12.8. The monoisotopic (exact) mass is 337 g/mol. The molecule has 7 heteroatoms. The lowest BCUT2D eigenvalue weighted by Crippen LogP contribution is -2.42. The molecule has 0 aliphatic carbocycles. The van der Waals surface area contributed by atoms with Crippen LogP contribution in [-0.4, -0.2) is 40.5 Å². The first-order valence-corrected chi connectivity index (χ1v) is 7.92. The van der Waals surface area contributed by atoms with Crippen LogP contribution < -0.4 is 5.43 Å². The number of aromatic nitrogens is 2. The molecule has 4 rings (SSSR count). The van der Waals surface area contributed by atoms with E-state index in [1.807, 2.05) is 0 Å². The number of amides is 1. The van der Waals surface area contributed by atoms with Gasteiger partial charge in [-0.05, 0) is 12.1 Å². The first-order valence-electron chi connectivity index (χ1n) is 7.92. The van der Waals surface area contributed by atoms with Crippen molar-refractivity contribution < 1.29 is 13.9 Å². The van der Waals surface area contributed by atoms with Crippen molar-refractivity contribution in [3.8, 4) is 0 Å². The van der Waals surface area contributed by atoms with Crippen molar-refractivity contribution in [3.63, 3.8) is 0 Å². The van der Waals surface area contributed by atoms with Gasteiger partial charge < -0.3 is 14.1 Å². The van der Waals surface area contributed by atoms with Gasteiger partial charge in [0.15, 0.2) is 11.2 Å². The molecule has 25 heavy (non-hydrogen) atoms. The highest BCUT2D eigenvalue weighted by molar-refractivity contribution is 5.93. The Balaban J connectivity index is 1.61. The Morgan fingerprint density at radius 1 is 1.24 bits per heavy atom. The van der Waals surface area contributed by atoms with Crippen LogP contribution in [0.5, 0.6) is 0 Å². The van der Waals surface area contributed by atoms with Gasteiger partial charge in [-0.15, -0.1) is 0 Å². The fourth-order valence-corrected chi connectivity index (χ4v) is 2.85. The molecule has 0 saturated carbocycles. The Morgan fingerprint density at radius 3 is 2.96 bits per heavy atom. The van der Waals surface area contributed by atoms with E-state index in [0.717, 1.165) is 0 Å². The van der Waals surface area contributed by atoms with Gasteiger partial charge in [0.05, 0.1) is 30.4 Å². The summed E-state index contributed by atoms with van der Waals surface area (Å²) in [5.74, 6) is -0.302. The van der Waals surface area contributed by atoms with Gasteiger partial charge in [0, 0.05) is 25.0 Å². The molecular weight excluding hydrogens is 322 g/mol. The number of ether oxygens (including phenoxy) is 1. The lowest BCUT2D eigenvalue weighted by atomic mass is 10.2. The van der Waals surface area contributed by atoms with Crippen molar-refractivity contribution in [2.75, 3.05) is 19.7 Å². The van der Waals surface area contributed by atoms with Crippen LogP contribution in [0.15, 0.2) is 58.1 Å². The van der Waals surface area contributed by atoms with Gasteiger partial charge in [-0.25, -0.2) is 0 Å². The first kappa shape index (κ1) is 15.5. The van der Waals surface area contributed by atoms with Crippen LogP contribution in [-0.2, 0) is 4.74 Å². The number of fused-ring (bicyclic) bond motifs is 1. The van der Waals surface area contributed by atoms with E-state index in [2.05, 4.69) is 9.97 Å². The molecule has 3 aromatic rings. The zero-order valence-corrected chi connectivity index (χ0v) is 13.3. The normalized spacial score (nSPS) is 17.6. The number of carbonyl (C=O) groups excluding carboxylic acids is 1. The van der Waals surface area contributed by atoms with E-state index >= 15 is 0 Å². The molecule has 126 valence electrons. The molecule has 2 aromatic heterocycles. The molecule has 1 unspecified atom stereocenters. The lowest BCUT2D eigenvalue weighted by molar-refractivity contribution is -0.0258. The van der Waals surface area contributed by atoms with E-state index in [-0.39, 0.29) is 23.2 Å². The highest BCUT2D eigenvalue weighted by Crippen LogP contribution is 2.21. The minimum atomic E-state index is -0.349. The number of benzene rings is 1. The lowest BCUT2D eigenvalue weighted by Gasteiger charge is -2.32. The predicted molar refractivity (Wildman–Crippen MR) is 89.1 cm³/mol. The summed E-state index contributed by atoms with van der Waals surface area (Å²) in [6.45, 7) is 1.13. The minimum Gasteiger partial charge on any atom is -0.451 e. The molecule has 0 spiro atoms. The summed E-state index contributed by atoms with van der Waals surface area (Å²) >= 11 is 0. The molecule has 1 aromatic carbocycles. The van der Waals surface area contributed by atoms with Crippen LogP contribution in [0.3, 0.4) is 0 Å². The molecule has 7 nitrogen and oxygen atoms in total. The molecular formula is C18H15N3O4. The smallest absolute Gasteiger partial charge is 0.289 e. The summed E-state index contributed by atoms with van der Waals surface area (Å²) < 4.78 is 11.3. The number of nitrogens with zero attached hydrogens (tertiary/aromatic N) is 3. The van der Waals surface area contributed by atoms with E-state index in [9.17, 15) is 9.59 Å². The summed E-state index contributed by atoms with van der Waals surface area (Å²) in [5, 5.41) is 0.457. The van der Waals surface area contributed by atoms with Crippen molar-refractivity contribution in [2.24, 2.45) is 0 Å². The molecule has 0 bridgehead atoms. The van der Waals surface area contributed by atoms with Crippen molar-refractivity contribution in [3.05, 3.63) is 70.6 Å². The summed E-state index contributed by atoms with van der Waals surface area (Å²) in [4.78, 5) is 34.8. The van der Waals surface area contributed by atoms with Crippen molar-refractivity contribution in [2.45, 2.75) is 6.10 Å². The number of hydrogen-bond acceptors (Lipinski definition) is 6. The van der Waals surface area contributed by atoms with E-state index in [4.69, 9.17) is 9.15 Å². The van der Waals surface area contributed by atoms with Crippen molar-refractivity contribution >= 4 is 16.9 Å². The Kier molecular flexibility index (Phi) is 3.99. The number of rotatable bonds is 2. The number of carbonyl (C=O) groups is 1. The third-order valence-electron chi connectivity index (χ3n) is 4.11. The quantitative estimate of drug-likeness (QED) is 0.709. The number of para-hydroxylation sites is 1. The standard InChI is InChI=1S/C18H15N3O4/c22-14-9-16(25-15-4-2-1-3-12(14)15)18(23)21-7-8-24-17(11-21)13-10-19-5-6-20-13/h1-6,9-10,17H,7-8,11H2. The summed E-state index contributed by atoms with van der Waals surface area (Å²) in [6.07, 6.45) is 4.44. The van der Waals surface area contributed by atoms with E-state index in [0.29, 0.717) is 36.4 Å². The average Bonchev–Trinajstić information content (AvgIpc) is 2.68. The molecule has 3 heterocycles. The molecule has 1 aliphatic rings. The van der Waals surface area contributed by atoms with Crippen molar-refractivity contribution in [1.29, 1.82) is 0 Å². The third kappa shape index (κ3) is 3.01. The second-order valence-corrected chi connectivity index (χ2v) is 5.71. The van der Waals surface area contributed by atoms with Crippen molar-refractivity contribution in [1.82, 2.24) is 14.9 Å². The zero-order chi connectivity index (χ0) is 17.2. The molecule has 1 saturated heterocycles. The minimum absolute atomic E-state index is 0.0310. The summed E-state index contributed by atoms with van der Waals surface area (Å²) in [7, 11) is 0. The molecule has 0 N–H and O–H groups in total. The zero-order valence-electron chi connectivity index (χ0n) is 13.3. The fraction of sp³-hybridized carbons (Fsp3) is 0.222. The number of morpholine rings is 1.